The van der Waals surface area contributed by atoms with Crippen molar-refractivity contribution in [2.45, 2.75) is 11.8 Å². The number of phenols is 1. The zero-order chi connectivity index (χ0) is 16.5. The molecule has 2 aromatic rings. The van der Waals surface area contributed by atoms with E-state index in [0.717, 1.165) is 0 Å². The lowest BCUT2D eigenvalue weighted by atomic mass is 10.2. The molecule has 0 aliphatic rings. The Kier molecular flexibility index (Phi) is 4.79. The number of benzene rings is 2. The van der Waals surface area contributed by atoms with Crippen molar-refractivity contribution < 1.29 is 18.3 Å². The normalized spacial score (nSPS) is 11.2. The second kappa shape index (κ2) is 6.28. The van der Waals surface area contributed by atoms with Crippen LogP contribution in [0.1, 0.15) is 17.3 Å². The Bertz CT molecular complexity index is 852. The Labute approximate surface area is 141 Å². The van der Waals surface area contributed by atoms with Gasteiger partial charge in [-0.3, -0.25) is 9.52 Å². The van der Waals surface area contributed by atoms with Gasteiger partial charge in [-0.05, 0) is 47.1 Å². The fourth-order valence-electron chi connectivity index (χ4n) is 1.73. The van der Waals surface area contributed by atoms with E-state index in [1.807, 2.05) is 0 Å². The van der Waals surface area contributed by atoms with E-state index in [1.54, 1.807) is 0 Å². The molecule has 0 radical (unpaired) electrons. The smallest absolute Gasteiger partial charge is 0.262 e. The third-order valence-electron chi connectivity index (χ3n) is 2.82. The summed E-state index contributed by atoms with van der Waals surface area (Å²) < 4.78 is 27.2. The van der Waals surface area contributed by atoms with Crippen LogP contribution in [-0.4, -0.2) is 19.3 Å². The van der Waals surface area contributed by atoms with Crippen LogP contribution >= 0.6 is 27.5 Å². The largest absolute Gasteiger partial charge is 0.505 e. The second-order valence-electron chi connectivity index (χ2n) is 4.47. The first-order valence-corrected chi connectivity index (χ1v) is 8.68. The summed E-state index contributed by atoms with van der Waals surface area (Å²) in [5.74, 6) is -0.527. The van der Waals surface area contributed by atoms with Crippen molar-refractivity contribution in [1.82, 2.24) is 0 Å². The number of aromatic hydroxyl groups is 1. The number of rotatable bonds is 4. The molecule has 0 saturated carbocycles. The maximum atomic E-state index is 12.4. The fourth-order valence-corrected chi connectivity index (χ4v) is 3.64. The van der Waals surface area contributed by atoms with Gasteiger partial charge in [0.25, 0.3) is 10.0 Å². The molecule has 0 aliphatic heterocycles. The molecule has 0 bridgehead atoms. The van der Waals surface area contributed by atoms with Gasteiger partial charge >= 0.3 is 0 Å². The summed E-state index contributed by atoms with van der Waals surface area (Å²) >= 11 is 8.92. The van der Waals surface area contributed by atoms with Crippen LogP contribution in [0.4, 0.5) is 5.69 Å². The summed E-state index contributed by atoms with van der Waals surface area (Å²) in [6.07, 6.45) is 0. The van der Waals surface area contributed by atoms with Gasteiger partial charge in [-0.2, -0.15) is 0 Å². The van der Waals surface area contributed by atoms with Gasteiger partial charge < -0.3 is 5.11 Å². The van der Waals surface area contributed by atoms with E-state index in [1.165, 1.54) is 43.3 Å². The fraction of sp³-hybridized carbons (Fsp3) is 0.0714. The predicted molar refractivity (Wildman–Crippen MR) is 88.1 cm³/mol. The number of halogens is 2. The second-order valence-corrected chi connectivity index (χ2v) is 7.45. The van der Waals surface area contributed by atoms with Crippen molar-refractivity contribution in [3.05, 3.63) is 51.5 Å². The predicted octanol–water partition coefficient (Wildman–Crippen LogP) is 3.81. The van der Waals surface area contributed by atoms with Crippen molar-refractivity contribution >= 4 is 49.0 Å². The summed E-state index contributed by atoms with van der Waals surface area (Å²) in [6, 6.07) is 8.33. The molecule has 22 heavy (non-hydrogen) atoms. The highest BCUT2D eigenvalue weighted by atomic mass is 79.9. The Morgan fingerprint density at radius 2 is 1.95 bits per heavy atom. The molecule has 0 atom stereocenters. The standard InChI is InChI=1S/C14H11BrClNO4S/c1-8(18)9-3-2-4-11(5-9)22(20,21)17-13-7-10(16)6-12(15)14(13)19/h2-7,17,19H,1H3. The Morgan fingerprint density at radius 3 is 2.59 bits per heavy atom. The molecule has 5 nitrogen and oxygen atoms in total. The number of anilines is 1. The van der Waals surface area contributed by atoms with E-state index in [4.69, 9.17) is 11.6 Å². The molecule has 2 rings (SSSR count). The van der Waals surface area contributed by atoms with Crippen molar-refractivity contribution in [1.29, 1.82) is 0 Å². The summed E-state index contributed by atoms with van der Waals surface area (Å²) in [5, 5.41) is 10.1. The molecule has 0 aliphatic carbocycles. The minimum absolute atomic E-state index is 0.0624. The molecule has 0 saturated heterocycles. The molecule has 0 fully saturated rings. The molecule has 0 unspecified atom stereocenters. The first-order chi connectivity index (χ1) is 10.2. The third-order valence-corrected chi connectivity index (χ3v) is 5.01. The van der Waals surface area contributed by atoms with Gasteiger partial charge in [-0.15, -0.1) is 0 Å². The molecule has 2 aromatic carbocycles. The average molecular weight is 405 g/mol. The van der Waals surface area contributed by atoms with Gasteiger partial charge in [0.05, 0.1) is 15.1 Å². The number of sulfonamides is 1. The third kappa shape index (κ3) is 3.60. The summed E-state index contributed by atoms with van der Waals surface area (Å²) in [6.45, 7) is 1.35. The number of ketones is 1. The maximum absolute atomic E-state index is 12.4. The van der Waals surface area contributed by atoms with Gasteiger partial charge in [0.2, 0.25) is 0 Å². The van der Waals surface area contributed by atoms with E-state index in [-0.39, 0.29) is 37.2 Å². The molecule has 0 spiro atoms. The van der Waals surface area contributed by atoms with Gasteiger partial charge in [-0.25, -0.2) is 8.42 Å². The lowest BCUT2D eigenvalue weighted by molar-refractivity contribution is 0.101. The van der Waals surface area contributed by atoms with Crippen LogP contribution in [0.2, 0.25) is 5.02 Å². The number of carbonyl (C=O) groups is 1. The van der Waals surface area contributed by atoms with Crippen LogP contribution < -0.4 is 4.72 Å². The van der Waals surface area contributed by atoms with E-state index in [9.17, 15) is 18.3 Å². The summed E-state index contributed by atoms with van der Waals surface area (Å²) in [7, 11) is -3.97. The first kappa shape index (κ1) is 16.8. The van der Waals surface area contributed by atoms with Crippen molar-refractivity contribution in [2.24, 2.45) is 0 Å². The highest BCUT2D eigenvalue weighted by Crippen LogP contribution is 2.36. The quantitative estimate of drug-likeness (QED) is 0.599. The van der Waals surface area contributed by atoms with E-state index in [0.29, 0.717) is 0 Å². The highest BCUT2D eigenvalue weighted by molar-refractivity contribution is 9.10. The SMILES string of the molecule is CC(=O)c1cccc(S(=O)(=O)Nc2cc(Cl)cc(Br)c2O)c1. The molecular weight excluding hydrogens is 394 g/mol. The van der Waals surface area contributed by atoms with Crippen LogP contribution in [0.15, 0.2) is 45.8 Å². The lowest BCUT2D eigenvalue weighted by Crippen LogP contribution is -2.13. The maximum Gasteiger partial charge on any atom is 0.262 e. The number of carbonyl (C=O) groups excluding carboxylic acids is 1. The number of hydrogen-bond acceptors (Lipinski definition) is 4. The molecule has 0 heterocycles. The minimum Gasteiger partial charge on any atom is -0.505 e. The first-order valence-electron chi connectivity index (χ1n) is 6.02. The molecule has 0 amide bonds. The zero-order valence-electron chi connectivity index (χ0n) is 11.3. The van der Waals surface area contributed by atoms with Crippen LogP contribution in [-0.2, 0) is 10.0 Å². The molecule has 0 aromatic heterocycles. The number of Topliss-reactive ketones (excluding diaryl/α,β-unsaturated/α-hetero) is 1. The Balaban J connectivity index is 2.44. The van der Waals surface area contributed by atoms with Gasteiger partial charge in [0.15, 0.2) is 11.5 Å². The van der Waals surface area contributed by atoms with E-state index < -0.39 is 10.0 Å². The van der Waals surface area contributed by atoms with Crippen LogP contribution in [0.25, 0.3) is 0 Å². The van der Waals surface area contributed by atoms with Crippen molar-refractivity contribution in [3.8, 4) is 5.75 Å². The lowest BCUT2D eigenvalue weighted by Gasteiger charge is -2.11. The number of hydrogen-bond donors (Lipinski definition) is 2. The van der Waals surface area contributed by atoms with E-state index >= 15 is 0 Å². The summed E-state index contributed by atoms with van der Waals surface area (Å²) in [5.41, 5.74) is 0.215. The molecular formula is C14H11BrClNO4S. The zero-order valence-corrected chi connectivity index (χ0v) is 14.5. The average Bonchev–Trinajstić information content (AvgIpc) is 2.44. The minimum atomic E-state index is -3.97. The molecule has 8 heteroatoms. The Hall–Kier alpha value is -1.57. The van der Waals surface area contributed by atoms with Crippen LogP contribution in [0, 0.1) is 0 Å². The molecule has 2 N–H and O–H groups in total. The molecule has 116 valence electrons. The Morgan fingerprint density at radius 1 is 1.27 bits per heavy atom. The summed E-state index contributed by atoms with van der Waals surface area (Å²) in [4.78, 5) is 11.3. The number of nitrogens with one attached hydrogen (secondary N) is 1. The topological polar surface area (TPSA) is 83.5 Å². The van der Waals surface area contributed by atoms with Crippen molar-refractivity contribution in [2.75, 3.05) is 4.72 Å². The van der Waals surface area contributed by atoms with E-state index in [2.05, 4.69) is 20.7 Å². The number of phenolic OH excluding ortho intramolecular Hbond substituents is 1. The monoisotopic (exact) mass is 403 g/mol. The van der Waals surface area contributed by atoms with Gasteiger partial charge in [0, 0.05) is 10.6 Å². The van der Waals surface area contributed by atoms with Crippen LogP contribution in [0.5, 0.6) is 5.75 Å². The highest BCUT2D eigenvalue weighted by Gasteiger charge is 2.18. The van der Waals surface area contributed by atoms with Gasteiger partial charge in [-0.1, -0.05) is 23.7 Å². The van der Waals surface area contributed by atoms with Gasteiger partial charge in [0.1, 0.15) is 0 Å². The van der Waals surface area contributed by atoms with Crippen LogP contribution in [0.3, 0.4) is 0 Å². The van der Waals surface area contributed by atoms with Crippen molar-refractivity contribution in [3.63, 3.8) is 0 Å².